The van der Waals surface area contributed by atoms with Crippen LogP contribution in [0.5, 0.6) is 0 Å². The molecule has 0 bridgehead atoms. The molecule has 3 rings (SSSR count). The second-order valence-corrected chi connectivity index (χ2v) is 4.79. The average Bonchev–Trinajstić information content (AvgIpc) is 2.68. The first kappa shape index (κ1) is 12.3. The summed E-state index contributed by atoms with van der Waals surface area (Å²) in [5, 5.41) is 0.491. The Labute approximate surface area is 117 Å². The lowest BCUT2D eigenvalue weighted by molar-refractivity contribution is 0.578. The number of H-pyrrole nitrogens is 1. The molecule has 0 spiro atoms. The zero-order valence-electron chi connectivity index (χ0n) is 9.45. The van der Waals surface area contributed by atoms with Gasteiger partial charge in [0.15, 0.2) is 4.77 Å². The molecule has 0 unspecified atom stereocenters. The van der Waals surface area contributed by atoms with E-state index in [1.807, 2.05) is 0 Å². The summed E-state index contributed by atoms with van der Waals surface area (Å²) in [6, 6.07) is 8.56. The van der Waals surface area contributed by atoms with E-state index < -0.39 is 11.6 Å². The first-order chi connectivity index (χ1) is 9.08. The van der Waals surface area contributed by atoms with Gasteiger partial charge in [-0.15, -0.1) is 0 Å². The predicted molar refractivity (Wildman–Crippen MR) is 73.4 cm³/mol. The fourth-order valence-corrected chi connectivity index (χ4v) is 2.51. The predicted octanol–water partition coefficient (Wildman–Crippen LogP) is 4.62. The number of para-hydroxylation sites is 1. The molecule has 0 aliphatic carbocycles. The molecule has 0 fully saturated rings. The third-order valence-electron chi connectivity index (χ3n) is 2.82. The number of halogens is 3. The van der Waals surface area contributed by atoms with E-state index in [0.717, 1.165) is 6.07 Å². The van der Waals surface area contributed by atoms with E-state index in [-0.39, 0.29) is 5.69 Å². The number of benzene rings is 2. The molecule has 0 saturated heterocycles. The van der Waals surface area contributed by atoms with Gasteiger partial charge in [-0.25, -0.2) is 8.78 Å². The van der Waals surface area contributed by atoms with Gasteiger partial charge in [0.1, 0.15) is 11.6 Å². The summed E-state index contributed by atoms with van der Waals surface area (Å²) in [6.45, 7) is 0. The average molecular weight is 297 g/mol. The zero-order valence-corrected chi connectivity index (χ0v) is 11.0. The smallest absolute Gasteiger partial charge is 0.182 e. The summed E-state index contributed by atoms with van der Waals surface area (Å²) >= 11 is 11.2. The molecule has 0 amide bonds. The van der Waals surface area contributed by atoms with Gasteiger partial charge in [-0.2, -0.15) is 0 Å². The molecule has 6 heteroatoms. The van der Waals surface area contributed by atoms with Crippen molar-refractivity contribution in [1.82, 2.24) is 9.55 Å². The molecule has 1 aromatic heterocycles. The number of nitrogens with one attached hydrogen (secondary N) is 1. The van der Waals surface area contributed by atoms with Crippen molar-refractivity contribution in [3.63, 3.8) is 0 Å². The molecule has 19 heavy (non-hydrogen) atoms. The van der Waals surface area contributed by atoms with Gasteiger partial charge in [-0.05, 0) is 36.5 Å². The summed E-state index contributed by atoms with van der Waals surface area (Å²) in [5.74, 6) is -1.32. The number of nitrogens with zero attached hydrogens (tertiary/aromatic N) is 1. The zero-order chi connectivity index (χ0) is 13.6. The molecule has 0 saturated carbocycles. The lowest BCUT2D eigenvalue weighted by atomic mass is 10.2. The molecule has 2 nitrogen and oxygen atoms in total. The van der Waals surface area contributed by atoms with Crippen LogP contribution in [0.3, 0.4) is 0 Å². The standard InChI is InChI=1S/C13H7ClF2N2S/c14-8-2-1-3-11-12(8)17-13(19)18(11)10-5-4-7(15)6-9(10)16/h1-6H,(H,17,19). The van der Waals surface area contributed by atoms with Crippen molar-refractivity contribution in [2.45, 2.75) is 0 Å². The van der Waals surface area contributed by atoms with Crippen molar-refractivity contribution in [2.24, 2.45) is 0 Å². The third-order valence-corrected chi connectivity index (χ3v) is 3.42. The van der Waals surface area contributed by atoms with E-state index >= 15 is 0 Å². The number of hydrogen-bond donors (Lipinski definition) is 1. The maximum absolute atomic E-state index is 13.9. The lowest BCUT2D eigenvalue weighted by Gasteiger charge is -2.06. The molecule has 0 aliphatic rings. The van der Waals surface area contributed by atoms with Gasteiger partial charge in [0, 0.05) is 6.07 Å². The van der Waals surface area contributed by atoms with E-state index in [0.29, 0.717) is 20.8 Å². The maximum atomic E-state index is 13.9. The summed E-state index contributed by atoms with van der Waals surface area (Å²) in [7, 11) is 0. The summed E-state index contributed by atoms with van der Waals surface area (Å²) in [4.78, 5) is 2.92. The van der Waals surface area contributed by atoms with Crippen molar-refractivity contribution >= 4 is 34.9 Å². The third kappa shape index (κ3) is 1.95. The Morgan fingerprint density at radius 1 is 1.16 bits per heavy atom. The monoisotopic (exact) mass is 296 g/mol. The van der Waals surface area contributed by atoms with Crippen LogP contribution in [-0.4, -0.2) is 9.55 Å². The first-order valence-electron chi connectivity index (χ1n) is 5.42. The molecule has 1 heterocycles. The van der Waals surface area contributed by atoms with E-state index in [1.165, 1.54) is 16.7 Å². The Balaban J connectivity index is 2.40. The molecule has 2 aromatic carbocycles. The van der Waals surface area contributed by atoms with Crippen LogP contribution in [0.15, 0.2) is 36.4 Å². The Morgan fingerprint density at radius 3 is 2.68 bits per heavy atom. The minimum atomic E-state index is -0.683. The highest BCUT2D eigenvalue weighted by Crippen LogP contribution is 2.26. The number of fused-ring (bicyclic) bond motifs is 1. The highest BCUT2D eigenvalue weighted by atomic mass is 35.5. The Hall–Kier alpha value is -1.72. The molecule has 3 aromatic rings. The van der Waals surface area contributed by atoms with E-state index in [9.17, 15) is 8.78 Å². The van der Waals surface area contributed by atoms with Crippen molar-refractivity contribution in [2.75, 3.05) is 0 Å². The van der Waals surface area contributed by atoms with Gasteiger partial charge in [-0.3, -0.25) is 4.57 Å². The van der Waals surface area contributed by atoms with Crippen LogP contribution in [0, 0.1) is 16.4 Å². The molecule has 96 valence electrons. The fraction of sp³-hybridized carbons (Fsp3) is 0. The minimum absolute atomic E-state index is 0.180. The van der Waals surface area contributed by atoms with Crippen LogP contribution in [0.25, 0.3) is 16.7 Å². The van der Waals surface area contributed by atoms with Crippen LogP contribution in [0.4, 0.5) is 8.78 Å². The van der Waals surface area contributed by atoms with Gasteiger partial charge < -0.3 is 4.98 Å². The van der Waals surface area contributed by atoms with E-state index in [1.54, 1.807) is 18.2 Å². The van der Waals surface area contributed by atoms with E-state index in [2.05, 4.69) is 4.98 Å². The van der Waals surface area contributed by atoms with Crippen molar-refractivity contribution in [3.8, 4) is 5.69 Å². The largest absolute Gasteiger partial charge is 0.329 e. The number of rotatable bonds is 1. The van der Waals surface area contributed by atoms with Crippen LogP contribution in [0.2, 0.25) is 5.02 Å². The second kappa shape index (κ2) is 4.43. The van der Waals surface area contributed by atoms with E-state index in [4.69, 9.17) is 23.8 Å². The second-order valence-electron chi connectivity index (χ2n) is 4.00. The Kier molecular flexibility index (Phi) is 2.88. The van der Waals surface area contributed by atoms with Crippen molar-refractivity contribution in [3.05, 3.63) is 57.8 Å². The summed E-state index contributed by atoms with van der Waals surface area (Å²) in [6.07, 6.45) is 0. The number of hydrogen-bond acceptors (Lipinski definition) is 1. The quantitative estimate of drug-likeness (QED) is 0.650. The van der Waals surface area contributed by atoms with Gasteiger partial charge >= 0.3 is 0 Å². The highest BCUT2D eigenvalue weighted by molar-refractivity contribution is 7.71. The van der Waals surface area contributed by atoms with Gasteiger partial charge in [0.25, 0.3) is 0 Å². The first-order valence-corrected chi connectivity index (χ1v) is 6.21. The topological polar surface area (TPSA) is 20.7 Å². The SMILES string of the molecule is Fc1ccc(-n2c(=S)[nH]c3c(Cl)cccc32)c(F)c1. The molecular weight excluding hydrogens is 290 g/mol. The Morgan fingerprint density at radius 2 is 1.95 bits per heavy atom. The highest BCUT2D eigenvalue weighted by Gasteiger charge is 2.12. The van der Waals surface area contributed by atoms with Gasteiger partial charge in [0.2, 0.25) is 0 Å². The van der Waals surface area contributed by atoms with Crippen molar-refractivity contribution < 1.29 is 8.78 Å². The molecule has 0 atom stereocenters. The molecule has 0 aliphatic heterocycles. The number of imidazole rings is 1. The van der Waals surface area contributed by atoms with Crippen LogP contribution >= 0.6 is 23.8 Å². The Bertz CT molecular complexity index is 838. The van der Waals surface area contributed by atoms with Crippen LogP contribution < -0.4 is 0 Å². The summed E-state index contributed by atoms with van der Waals surface area (Å²) < 4.78 is 28.6. The summed E-state index contributed by atoms with van der Waals surface area (Å²) in [5.41, 5.74) is 1.45. The van der Waals surface area contributed by atoms with Crippen LogP contribution in [0.1, 0.15) is 0 Å². The van der Waals surface area contributed by atoms with Crippen molar-refractivity contribution in [1.29, 1.82) is 0 Å². The molecule has 1 N–H and O–H groups in total. The molecule has 0 radical (unpaired) electrons. The normalized spacial score (nSPS) is 11.1. The maximum Gasteiger partial charge on any atom is 0.182 e. The number of aromatic nitrogens is 2. The minimum Gasteiger partial charge on any atom is -0.329 e. The lowest BCUT2D eigenvalue weighted by Crippen LogP contribution is -1.98. The van der Waals surface area contributed by atoms with Gasteiger partial charge in [-0.1, -0.05) is 17.7 Å². The molecular formula is C13H7ClF2N2S. The fourth-order valence-electron chi connectivity index (χ4n) is 2.00. The van der Waals surface area contributed by atoms with Crippen LogP contribution in [-0.2, 0) is 0 Å². The number of aromatic amines is 1. The van der Waals surface area contributed by atoms with Gasteiger partial charge in [0.05, 0.1) is 21.7 Å².